The SMILES string of the molecule is C#CCOCNC(=S)NCCS(=O)(=O)O. The Labute approximate surface area is 94.1 Å². The fourth-order valence-corrected chi connectivity index (χ4v) is 1.10. The predicted molar refractivity (Wildman–Crippen MR) is 59.8 cm³/mol. The van der Waals surface area contributed by atoms with E-state index in [-0.39, 0.29) is 25.0 Å². The number of ether oxygens (including phenoxy) is 1. The van der Waals surface area contributed by atoms with Crippen molar-refractivity contribution in [3.8, 4) is 12.3 Å². The third-order valence-electron chi connectivity index (χ3n) is 1.17. The highest BCUT2D eigenvalue weighted by Crippen LogP contribution is 1.79. The Morgan fingerprint density at radius 2 is 2.20 bits per heavy atom. The van der Waals surface area contributed by atoms with E-state index in [2.05, 4.69) is 16.6 Å². The molecular formula is C7H12N2O4S2. The van der Waals surface area contributed by atoms with Crippen LogP contribution in [0.5, 0.6) is 0 Å². The van der Waals surface area contributed by atoms with Gasteiger partial charge in [-0.05, 0) is 12.2 Å². The first-order chi connectivity index (χ1) is 6.95. The molecule has 0 unspecified atom stereocenters. The number of hydrogen-bond acceptors (Lipinski definition) is 4. The predicted octanol–water partition coefficient (Wildman–Crippen LogP) is -1.05. The van der Waals surface area contributed by atoms with Gasteiger partial charge in [0.2, 0.25) is 0 Å². The van der Waals surface area contributed by atoms with Crippen LogP contribution in [0.25, 0.3) is 0 Å². The molecule has 0 atom stereocenters. The van der Waals surface area contributed by atoms with Crippen LogP contribution in [0.4, 0.5) is 0 Å². The van der Waals surface area contributed by atoms with Gasteiger partial charge in [-0.15, -0.1) is 6.42 Å². The number of nitrogens with one attached hydrogen (secondary N) is 2. The molecule has 0 bridgehead atoms. The molecule has 0 amide bonds. The third-order valence-corrected chi connectivity index (χ3v) is 2.17. The molecule has 0 aliphatic carbocycles. The van der Waals surface area contributed by atoms with Gasteiger partial charge < -0.3 is 15.4 Å². The molecule has 0 aromatic heterocycles. The van der Waals surface area contributed by atoms with E-state index >= 15 is 0 Å². The second-order valence-corrected chi connectivity index (χ2v) is 4.40. The van der Waals surface area contributed by atoms with Crippen molar-refractivity contribution in [3.05, 3.63) is 0 Å². The maximum absolute atomic E-state index is 10.3. The van der Waals surface area contributed by atoms with Gasteiger partial charge in [-0.25, -0.2) is 0 Å². The standard InChI is InChI=1S/C7H12N2O4S2/c1-2-4-13-6-9-7(14)8-3-5-15(10,11)12/h1H,3-6H2,(H2,8,9,14)(H,10,11,12). The minimum atomic E-state index is -3.96. The maximum atomic E-state index is 10.3. The van der Waals surface area contributed by atoms with E-state index in [0.29, 0.717) is 0 Å². The van der Waals surface area contributed by atoms with Gasteiger partial charge in [-0.1, -0.05) is 5.92 Å². The van der Waals surface area contributed by atoms with Gasteiger partial charge in [0.15, 0.2) is 5.11 Å². The Balaban J connectivity index is 3.47. The molecule has 0 heterocycles. The Bertz CT molecular complexity index is 333. The van der Waals surface area contributed by atoms with Crippen molar-refractivity contribution in [3.63, 3.8) is 0 Å². The molecule has 86 valence electrons. The summed E-state index contributed by atoms with van der Waals surface area (Å²) < 4.78 is 33.9. The van der Waals surface area contributed by atoms with E-state index in [0.717, 1.165) is 0 Å². The average molecular weight is 252 g/mol. The zero-order valence-corrected chi connectivity index (χ0v) is 9.53. The van der Waals surface area contributed by atoms with E-state index in [1.807, 2.05) is 0 Å². The van der Waals surface area contributed by atoms with Crippen molar-refractivity contribution >= 4 is 27.4 Å². The lowest BCUT2D eigenvalue weighted by atomic mass is 10.7. The first-order valence-electron chi connectivity index (χ1n) is 3.94. The molecule has 6 nitrogen and oxygen atoms in total. The normalized spacial score (nSPS) is 10.4. The van der Waals surface area contributed by atoms with Crippen LogP contribution in [-0.2, 0) is 14.9 Å². The van der Waals surface area contributed by atoms with Crippen LogP contribution < -0.4 is 10.6 Å². The van der Waals surface area contributed by atoms with Crippen LogP contribution in [0.1, 0.15) is 0 Å². The van der Waals surface area contributed by atoms with Crippen molar-refractivity contribution in [2.24, 2.45) is 0 Å². The Morgan fingerprint density at radius 1 is 1.53 bits per heavy atom. The summed E-state index contributed by atoms with van der Waals surface area (Å²) in [6.07, 6.45) is 4.93. The van der Waals surface area contributed by atoms with Gasteiger partial charge in [0.05, 0.1) is 5.75 Å². The van der Waals surface area contributed by atoms with Gasteiger partial charge in [0.1, 0.15) is 13.3 Å². The molecule has 0 rings (SSSR count). The molecule has 0 saturated heterocycles. The van der Waals surface area contributed by atoms with Crippen molar-refractivity contribution in [2.45, 2.75) is 0 Å². The summed E-state index contributed by atoms with van der Waals surface area (Å²) >= 11 is 4.76. The smallest absolute Gasteiger partial charge is 0.266 e. The Hall–Kier alpha value is -0.880. The first-order valence-corrected chi connectivity index (χ1v) is 5.95. The highest BCUT2D eigenvalue weighted by Gasteiger charge is 2.03. The van der Waals surface area contributed by atoms with Gasteiger partial charge in [-0.2, -0.15) is 8.42 Å². The summed E-state index contributed by atoms with van der Waals surface area (Å²) in [7, 11) is -3.96. The van der Waals surface area contributed by atoms with E-state index < -0.39 is 15.9 Å². The molecule has 0 radical (unpaired) electrons. The van der Waals surface area contributed by atoms with Crippen molar-refractivity contribution in [1.29, 1.82) is 0 Å². The summed E-state index contributed by atoms with van der Waals surface area (Å²) in [4.78, 5) is 0. The number of rotatable bonds is 6. The molecule has 15 heavy (non-hydrogen) atoms. The molecule has 3 N–H and O–H groups in total. The lowest BCUT2D eigenvalue weighted by Gasteiger charge is -2.08. The first kappa shape index (κ1) is 14.1. The second kappa shape index (κ2) is 7.42. The molecule has 8 heteroatoms. The Morgan fingerprint density at radius 3 is 2.73 bits per heavy atom. The minimum Gasteiger partial charge on any atom is -0.362 e. The van der Waals surface area contributed by atoms with Crippen LogP contribution >= 0.6 is 12.2 Å². The minimum absolute atomic E-state index is 0.0276. The lowest BCUT2D eigenvalue weighted by Crippen LogP contribution is -2.38. The zero-order valence-electron chi connectivity index (χ0n) is 7.89. The van der Waals surface area contributed by atoms with Crippen LogP contribution in [-0.4, -0.2) is 43.7 Å². The fourth-order valence-electron chi connectivity index (χ4n) is 0.583. The fraction of sp³-hybridized carbons (Fsp3) is 0.571. The number of thiocarbonyl (C=S) groups is 1. The zero-order chi connectivity index (χ0) is 11.7. The summed E-state index contributed by atoms with van der Waals surface area (Å²) in [5.41, 5.74) is 0. The molecule has 0 aliphatic heterocycles. The largest absolute Gasteiger partial charge is 0.362 e. The van der Waals surface area contributed by atoms with Crippen molar-refractivity contribution in [2.75, 3.05) is 25.6 Å². The van der Waals surface area contributed by atoms with E-state index in [9.17, 15) is 8.42 Å². The monoisotopic (exact) mass is 252 g/mol. The molecule has 0 saturated carbocycles. The van der Waals surface area contributed by atoms with E-state index in [1.54, 1.807) is 0 Å². The van der Waals surface area contributed by atoms with Gasteiger partial charge >= 0.3 is 0 Å². The van der Waals surface area contributed by atoms with E-state index in [1.165, 1.54) is 0 Å². The summed E-state index contributed by atoms with van der Waals surface area (Å²) in [6.45, 7) is 0.336. The average Bonchev–Trinajstić information content (AvgIpc) is 2.10. The van der Waals surface area contributed by atoms with Crippen molar-refractivity contribution < 1.29 is 17.7 Å². The molecular weight excluding hydrogens is 240 g/mol. The number of hydrogen-bond donors (Lipinski definition) is 3. The Kier molecular flexibility index (Phi) is 6.98. The van der Waals surface area contributed by atoms with Crippen LogP contribution in [0, 0.1) is 12.3 Å². The maximum Gasteiger partial charge on any atom is 0.266 e. The summed E-state index contributed by atoms with van der Waals surface area (Å²) in [5.74, 6) is 1.86. The highest BCUT2D eigenvalue weighted by atomic mass is 32.2. The summed E-state index contributed by atoms with van der Waals surface area (Å²) in [5, 5.41) is 5.43. The lowest BCUT2D eigenvalue weighted by molar-refractivity contribution is 0.161. The number of terminal acetylenes is 1. The highest BCUT2D eigenvalue weighted by molar-refractivity contribution is 7.85. The summed E-state index contributed by atoms with van der Waals surface area (Å²) in [6, 6.07) is 0. The van der Waals surface area contributed by atoms with Gasteiger partial charge in [0.25, 0.3) is 10.1 Å². The van der Waals surface area contributed by atoms with Gasteiger partial charge in [-0.3, -0.25) is 4.55 Å². The topological polar surface area (TPSA) is 87.7 Å². The van der Waals surface area contributed by atoms with Crippen molar-refractivity contribution in [1.82, 2.24) is 10.6 Å². The molecule has 0 fully saturated rings. The molecule has 0 spiro atoms. The molecule has 0 aliphatic rings. The van der Waals surface area contributed by atoms with Gasteiger partial charge in [0, 0.05) is 6.54 Å². The van der Waals surface area contributed by atoms with Crippen LogP contribution in [0.3, 0.4) is 0 Å². The second-order valence-electron chi connectivity index (χ2n) is 2.42. The van der Waals surface area contributed by atoms with Crippen LogP contribution in [0.2, 0.25) is 0 Å². The third kappa shape index (κ3) is 11.0. The quantitative estimate of drug-likeness (QED) is 0.183. The van der Waals surface area contributed by atoms with E-state index in [4.69, 9.17) is 27.9 Å². The molecule has 0 aromatic carbocycles. The van der Waals surface area contributed by atoms with Crippen LogP contribution in [0.15, 0.2) is 0 Å². The molecule has 0 aromatic rings.